The second kappa shape index (κ2) is 8.50. The zero-order chi connectivity index (χ0) is 14.3. The molecule has 3 rings (SSSR count). The molecule has 3 saturated heterocycles. The summed E-state index contributed by atoms with van der Waals surface area (Å²) in [5.74, 6) is 0.942. The van der Waals surface area contributed by atoms with Gasteiger partial charge in [0.05, 0.1) is 0 Å². The Morgan fingerprint density at radius 1 is 0.667 bits per heavy atom. The van der Waals surface area contributed by atoms with E-state index in [0.717, 1.165) is 18.0 Å². The molecule has 21 heavy (non-hydrogen) atoms. The second-order valence-electron chi connectivity index (χ2n) is 7.47. The zero-order valence-corrected chi connectivity index (χ0v) is 13.8. The number of likely N-dealkylation sites (tertiary alicyclic amines) is 1. The summed E-state index contributed by atoms with van der Waals surface area (Å²) in [5, 5.41) is 7.42. The van der Waals surface area contributed by atoms with E-state index in [1.54, 1.807) is 0 Å². The summed E-state index contributed by atoms with van der Waals surface area (Å²) in [6, 6.07) is 1.68. The Bertz CT molecular complexity index is 250. The largest absolute Gasteiger partial charge is 0.317 e. The fraction of sp³-hybridized carbons (Fsp3) is 1.00. The van der Waals surface area contributed by atoms with Crippen LogP contribution in [0.15, 0.2) is 0 Å². The molecule has 3 unspecified atom stereocenters. The van der Waals surface area contributed by atoms with Gasteiger partial charge in [-0.3, -0.25) is 0 Å². The van der Waals surface area contributed by atoms with E-state index < -0.39 is 0 Å². The van der Waals surface area contributed by atoms with Gasteiger partial charge in [0.15, 0.2) is 0 Å². The molecule has 0 saturated carbocycles. The second-order valence-corrected chi connectivity index (χ2v) is 7.47. The van der Waals surface area contributed by atoms with Crippen molar-refractivity contribution >= 4 is 0 Å². The van der Waals surface area contributed by atoms with Crippen molar-refractivity contribution in [1.29, 1.82) is 0 Å². The van der Waals surface area contributed by atoms with E-state index in [9.17, 15) is 0 Å². The number of nitrogens with zero attached hydrogens (tertiary/aromatic N) is 1. The minimum atomic E-state index is 0.822. The summed E-state index contributed by atoms with van der Waals surface area (Å²) in [6.45, 7) is 6.44. The van der Waals surface area contributed by atoms with Crippen molar-refractivity contribution in [3.05, 3.63) is 0 Å². The van der Waals surface area contributed by atoms with E-state index >= 15 is 0 Å². The van der Waals surface area contributed by atoms with Crippen molar-refractivity contribution in [2.24, 2.45) is 5.92 Å². The Labute approximate surface area is 131 Å². The minimum Gasteiger partial charge on any atom is -0.317 e. The number of hydrogen-bond donors (Lipinski definition) is 2. The number of hydrogen-bond acceptors (Lipinski definition) is 3. The molecule has 3 heteroatoms. The molecule has 0 amide bonds. The highest BCUT2D eigenvalue weighted by Gasteiger charge is 2.28. The fourth-order valence-electron chi connectivity index (χ4n) is 4.74. The third-order valence-electron chi connectivity index (χ3n) is 6.04. The van der Waals surface area contributed by atoms with Crippen LogP contribution < -0.4 is 10.6 Å². The molecular weight excluding hydrogens is 258 g/mol. The normalized spacial score (nSPS) is 37.4. The highest BCUT2D eigenvalue weighted by atomic mass is 15.2. The molecule has 3 aliphatic heterocycles. The molecule has 0 aromatic heterocycles. The molecule has 0 bridgehead atoms. The molecular formula is C18H35N3. The first-order valence-corrected chi connectivity index (χ1v) is 9.61. The van der Waals surface area contributed by atoms with Crippen LogP contribution in [-0.2, 0) is 0 Å². The van der Waals surface area contributed by atoms with E-state index in [1.807, 2.05) is 0 Å². The number of rotatable bonds is 2. The average Bonchev–Trinajstić information content (AvgIpc) is 3.01. The summed E-state index contributed by atoms with van der Waals surface area (Å²) in [7, 11) is 0. The first-order chi connectivity index (χ1) is 10.4. The van der Waals surface area contributed by atoms with E-state index in [0.29, 0.717) is 0 Å². The van der Waals surface area contributed by atoms with Crippen LogP contribution >= 0.6 is 0 Å². The van der Waals surface area contributed by atoms with Gasteiger partial charge >= 0.3 is 0 Å². The lowest BCUT2D eigenvalue weighted by Gasteiger charge is -2.30. The Balaban J connectivity index is 1.50. The zero-order valence-electron chi connectivity index (χ0n) is 13.8. The predicted octanol–water partition coefficient (Wildman–Crippen LogP) is 2.76. The molecule has 0 aromatic carbocycles. The van der Waals surface area contributed by atoms with Crippen LogP contribution in [0, 0.1) is 5.92 Å². The van der Waals surface area contributed by atoms with Gasteiger partial charge in [-0.1, -0.05) is 12.8 Å². The molecule has 3 heterocycles. The van der Waals surface area contributed by atoms with Gasteiger partial charge in [-0.05, 0) is 90.0 Å². The molecule has 3 aliphatic rings. The number of nitrogens with one attached hydrogen (secondary N) is 2. The molecule has 0 radical (unpaired) electrons. The maximum atomic E-state index is 3.85. The maximum absolute atomic E-state index is 3.85. The molecule has 3 nitrogen and oxygen atoms in total. The first-order valence-electron chi connectivity index (χ1n) is 9.61. The molecule has 0 aliphatic carbocycles. The van der Waals surface area contributed by atoms with Gasteiger partial charge in [-0.2, -0.15) is 0 Å². The predicted molar refractivity (Wildman–Crippen MR) is 89.7 cm³/mol. The SMILES string of the molecule is C1CCNC(C2CCCN(C3CCCNCC3)CC2)CC1. The molecule has 0 spiro atoms. The van der Waals surface area contributed by atoms with Gasteiger partial charge < -0.3 is 15.5 Å². The van der Waals surface area contributed by atoms with Crippen molar-refractivity contribution in [3.8, 4) is 0 Å². The van der Waals surface area contributed by atoms with E-state index in [2.05, 4.69) is 15.5 Å². The third kappa shape index (κ3) is 4.67. The highest BCUT2D eigenvalue weighted by molar-refractivity contribution is 4.84. The van der Waals surface area contributed by atoms with Crippen LogP contribution in [0.1, 0.15) is 64.2 Å². The summed E-state index contributed by atoms with van der Waals surface area (Å²) in [4.78, 5) is 2.84. The van der Waals surface area contributed by atoms with Crippen LogP contribution in [0.25, 0.3) is 0 Å². The summed E-state index contributed by atoms with van der Waals surface area (Å²) < 4.78 is 0. The summed E-state index contributed by atoms with van der Waals surface area (Å²) in [6.07, 6.45) is 14.2. The average molecular weight is 293 g/mol. The lowest BCUT2D eigenvalue weighted by Crippen LogP contribution is -2.38. The smallest absolute Gasteiger partial charge is 0.0108 e. The van der Waals surface area contributed by atoms with E-state index in [-0.39, 0.29) is 0 Å². The molecule has 0 aromatic rings. The fourth-order valence-corrected chi connectivity index (χ4v) is 4.74. The Morgan fingerprint density at radius 3 is 2.67 bits per heavy atom. The minimum absolute atomic E-state index is 0.822. The van der Waals surface area contributed by atoms with E-state index in [1.165, 1.54) is 96.9 Å². The van der Waals surface area contributed by atoms with Gasteiger partial charge in [-0.25, -0.2) is 0 Å². The van der Waals surface area contributed by atoms with Gasteiger partial charge in [-0.15, -0.1) is 0 Å². The topological polar surface area (TPSA) is 27.3 Å². The summed E-state index contributed by atoms with van der Waals surface area (Å²) in [5.41, 5.74) is 0. The van der Waals surface area contributed by atoms with Gasteiger partial charge in [0, 0.05) is 12.1 Å². The standard InChI is InChI=1S/C18H35N3/c1-2-8-18(20-12-3-1)16-6-5-14-21(15-10-16)17-7-4-11-19-13-9-17/h16-20H,1-15H2. The van der Waals surface area contributed by atoms with Crippen LogP contribution in [0.4, 0.5) is 0 Å². The van der Waals surface area contributed by atoms with Crippen LogP contribution in [0.2, 0.25) is 0 Å². The van der Waals surface area contributed by atoms with Gasteiger partial charge in [0.2, 0.25) is 0 Å². The van der Waals surface area contributed by atoms with Crippen molar-refractivity contribution in [2.45, 2.75) is 76.3 Å². The molecule has 2 N–H and O–H groups in total. The van der Waals surface area contributed by atoms with Crippen LogP contribution in [0.3, 0.4) is 0 Å². The lowest BCUT2D eigenvalue weighted by molar-refractivity contribution is 0.184. The Hall–Kier alpha value is -0.120. The molecule has 3 atom stereocenters. The lowest BCUT2D eigenvalue weighted by atomic mass is 9.89. The van der Waals surface area contributed by atoms with Crippen molar-refractivity contribution in [2.75, 3.05) is 32.7 Å². The summed E-state index contributed by atoms with van der Waals surface area (Å²) >= 11 is 0. The van der Waals surface area contributed by atoms with Crippen molar-refractivity contribution in [3.63, 3.8) is 0 Å². The Kier molecular flexibility index (Phi) is 6.38. The Morgan fingerprint density at radius 2 is 1.67 bits per heavy atom. The van der Waals surface area contributed by atoms with Gasteiger partial charge in [0.25, 0.3) is 0 Å². The monoisotopic (exact) mass is 293 g/mol. The van der Waals surface area contributed by atoms with Crippen molar-refractivity contribution in [1.82, 2.24) is 15.5 Å². The highest BCUT2D eigenvalue weighted by Crippen LogP contribution is 2.27. The van der Waals surface area contributed by atoms with Crippen molar-refractivity contribution < 1.29 is 0 Å². The van der Waals surface area contributed by atoms with E-state index in [4.69, 9.17) is 0 Å². The van der Waals surface area contributed by atoms with Crippen LogP contribution in [0.5, 0.6) is 0 Å². The quantitative estimate of drug-likeness (QED) is 0.820. The maximum Gasteiger partial charge on any atom is 0.0108 e. The first kappa shape index (κ1) is 15.8. The third-order valence-corrected chi connectivity index (χ3v) is 6.04. The van der Waals surface area contributed by atoms with Crippen LogP contribution in [-0.4, -0.2) is 49.7 Å². The molecule has 3 fully saturated rings. The molecule has 122 valence electrons. The van der Waals surface area contributed by atoms with Gasteiger partial charge in [0.1, 0.15) is 0 Å².